The van der Waals surface area contributed by atoms with Crippen LogP contribution in [-0.2, 0) is 16.1 Å². The Kier molecular flexibility index (Phi) is 6.08. The molecule has 25 heavy (non-hydrogen) atoms. The van der Waals surface area contributed by atoms with Gasteiger partial charge in [-0.05, 0) is 25.3 Å². The molecule has 1 saturated carbocycles. The van der Waals surface area contributed by atoms with Crippen LogP contribution in [0.4, 0.5) is 0 Å². The van der Waals surface area contributed by atoms with Crippen LogP contribution in [0.25, 0.3) is 0 Å². The zero-order valence-corrected chi connectivity index (χ0v) is 15.8. The summed E-state index contributed by atoms with van der Waals surface area (Å²) in [4.78, 5) is 17.1. The molecular formula is C20H26N2O2S. The molecule has 3 rings (SSSR count). The molecule has 2 aromatic rings. The van der Waals surface area contributed by atoms with Gasteiger partial charge in [-0.25, -0.2) is 0 Å². The second-order valence-corrected chi connectivity index (χ2v) is 7.47. The van der Waals surface area contributed by atoms with Crippen LogP contribution in [0.15, 0.2) is 40.7 Å². The molecule has 1 unspecified atom stereocenters. The van der Waals surface area contributed by atoms with Crippen molar-refractivity contribution in [2.75, 3.05) is 6.61 Å². The van der Waals surface area contributed by atoms with Gasteiger partial charge in [-0.1, -0.05) is 43.2 Å². The number of hydrogen-bond donors (Lipinski definition) is 0. The van der Waals surface area contributed by atoms with Crippen molar-refractivity contribution < 1.29 is 9.53 Å². The fraction of sp³-hybridized carbons (Fsp3) is 0.500. The lowest BCUT2D eigenvalue weighted by molar-refractivity contribution is -0.141. The van der Waals surface area contributed by atoms with E-state index in [9.17, 15) is 4.79 Å². The number of thiazole rings is 1. The molecule has 1 aliphatic carbocycles. The monoisotopic (exact) mass is 358 g/mol. The molecule has 0 saturated heterocycles. The van der Waals surface area contributed by atoms with Gasteiger partial charge in [0.2, 0.25) is 0 Å². The molecule has 1 aliphatic rings. The van der Waals surface area contributed by atoms with E-state index in [1.54, 1.807) is 11.3 Å². The van der Waals surface area contributed by atoms with E-state index in [0.29, 0.717) is 19.1 Å². The SMILES string of the molecule is CC(=O)OCCn1c(C2CCCC2)csc1=NC(C)c1ccccc1. The molecular weight excluding hydrogens is 332 g/mol. The van der Waals surface area contributed by atoms with Gasteiger partial charge in [0.15, 0.2) is 4.80 Å². The summed E-state index contributed by atoms with van der Waals surface area (Å²) in [6.07, 6.45) is 5.10. The van der Waals surface area contributed by atoms with E-state index < -0.39 is 0 Å². The molecule has 0 spiro atoms. The van der Waals surface area contributed by atoms with Crippen LogP contribution >= 0.6 is 11.3 Å². The zero-order chi connectivity index (χ0) is 17.6. The van der Waals surface area contributed by atoms with Crippen molar-refractivity contribution >= 4 is 17.3 Å². The Balaban J connectivity index is 1.89. The topological polar surface area (TPSA) is 43.6 Å². The first-order valence-electron chi connectivity index (χ1n) is 9.05. The molecule has 0 amide bonds. The number of carbonyl (C=O) groups excluding carboxylic acids is 1. The molecule has 1 fully saturated rings. The highest BCUT2D eigenvalue weighted by Gasteiger charge is 2.21. The number of esters is 1. The average molecular weight is 359 g/mol. The molecule has 0 radical (unpaired) electrons. The van der Waals surface area contributed by atoms with Gasteiger partial charge in [0.25, 0.3) is 0 Å². The minimum Gasteiger partial charge on any atom is -0.464 e. The highest BCUT2D eigenvalue weighted by molar-refractivity contribution is 7.07. The maximum absolute atomic E-state index is 11.1. The smallest absolute Gasteiger partial charge is 0.302 e. The summed E-state index contributed by atoms with van der Waals surface area (Å²) in [5.41, 5.74) is 2.57. The summed E-state index contributed by atoms with van der Waals surface area (Å²) < 4.78 is 7.45. The minimum absolute atomic E-state index is 0.108. The van der Waals surface area contributed by atoms with Crippen LogP contribution in [-0.4, -0.2) is 17.1 Å². The van der Waals surface area contributed by atoms with Gasteiger partial charge in [0, 0.05) is 23.9 Å². The summed E-state index contributed by atoms with van der Waals surface area (Å²) in [5, 5.41) is 2.25. The van der Waals surface area contributed by atoms with Gasteiger partial charge >= 0.3 is 5.97 Å². The lowest BCUT2D eigenvalue weighted by Gasteiger charge is -2.14. The molecule has 0 N–H and O–H groups in total. The Morgan fingerprint density at radius 1 is 1.32 bits per heavy atom. The molecule has 134 valence electrons. The van der Waals surface area contributed by atoms with E-state index in [0.717, 1.165) is 4.80 Å². The first-order chi connectivity index (χ1) is 12.1. The predicted octanol–water partition coefficient (Wildman–Crippen LogP) is 4.43. The largest absolute Gasteiger partial charge is 0.464 e. The normalized spacial score (nSPS) is 17.0. The Bertz CT molecular complexity index is 758. The van der Waals surface area contributed by atoms with Gasteiger partial charge in [-0.15, -0.1) is 11.3 Å². The summed E-state index contributed by atoms with van der Waals surface area (Å²) in [7, 11) is 0. The van der Waals surface area contributed by atoms with Gasteiger partial charge in [-0.2, -0.15) is 0 Å². The van der Waals surface area contributed by atoms with Crippen molar-refractivity contribution in [2.24, 2.45) is 4.99 Å². The van der Waals surface area contributed by atoms with Crippen molar-refractivity contribution in [3.63, 3.8) is 0 Å². The number of rotatable bonds is 6. The first-order valence-corrected chi connectivity index (χ1v) is 9.93. The number of carbonyl (C=O) groups is 1. The molecule has 0 aliphatic heterocycles. The van der Waals surface area contributed by atoms with Crippen LogP contribution in [0.3, 0.4) is 0 Å². The minimum atomic E-state index is -0.227. The summed E-state index contributed by atoms with van der Waals surface area (Å²) in [6.45, 7) is 4.66. The van der Waals surface area contributed by atoms with Crippen LogP contribution in [0.1, 0.15) is 62.7 Å². The standard InChI is InChI=1S/C20H26N2O2S/c1-15(17-8-4-3-5-9-17)21-20-22(12-13-24-16(2)23)19(14-25-20)18-10-6-7-11-18/h3-5,8-9,14-15,18H,6-7,10-13H2,1-2H3. The van der Waals surface area contributed by atoms with Crippen LogP contribution in [0.2, 0.25) is 0 Å². The Morgan fingerprint density at radius 3 is 2.72 bits per heavy atom. The van der Waals surface area contributed by atoms with Gasteiger partial charge in [-0.3, -0.25) is 9.79 Å². The Labute approximate surface area is 153 Å². The second kappa shape index (κ2) is 8.48. The lowest BCUT2D eigenvalue weighted by Crippen LogP contribution is -2.23. The first kappa shape index (κ1) is 17.9. The number of aromatic nitrogens is 1. The maximum Gasteiger partial charge on any atom is 0.302 e. The van der Waals surface area contributed by atoms with Crippen molar-refractivity contribution in [3.8, 4) is 0 Å². The van der Waals surface area contributed by atoms with Crippen LogP contribution in [0, 0.1) is 0 Å². The third-order valence-electron chi connectivity index (χ3n) is 4.81. The van der Waals surface area contributed by atoms with Gasteiger partial charge in [0.1, 0.15) is 6.61 Å². The van der Waals surface area contributed by atoms with E-state index in [1.165, 1.54) is 43.9 Å². The van der Waals surface area contributed by atoms with E-state index in [-0.39, 0.29) is 12.0 Å². The molecule has 1 heterocycles. The van der Waals surface area contributed by atoms with Crippen molar-refractivity contribution in [1.82, 2.24) is 4.57 Å². The van der Waals surface area contributed by atoms with Crippen molar-refractivity contribution in [1.29, 1.82) is 0 Å². The maximum atomic E-state index is 11.1. The van der Waals surface area contributed by atoms with E-state index in [1.807, 2.05) is 6.07 Å². The summed E-state index contributed by atoms with van der Waals surface area (Å²) >= 11 is 1.70. The third kappa shape index (κ3) is 4.60. The van der Waals surface area contributed by atoms with Gasteiger partial charge in [0.05, 0.1) is 12.6 Å². The number of ether oxygens (including phenoxy) is 1. The highest BCUT2D eigenvalue weighted by Crippen LogP contribution is 2.34. The lowest BCUT2D eigenvalue weighted by atomic mass is 10.1. The van der Waals surface area contributed by atoms with Gasteiger partial charge < -0.3 is 9.30 Å². The summed E-state index contributed by atoms with van der Waals surface area (Å²) in [5.74, 6) is 0.388. The Morgan fingerprint density at radius 2 is 2.04 bits per heavy atom. The van der Waals surface area contributed by atoms with Crippen LogP contribution < -0.4 is 4.80 Å². The fourth-order valence-corrected chi connectivity index (χ4v) is 4.55. The van der Waals surface area contributed by atoms with E-state index in [4.69, 9.17) is 9.73 Å². The molecule has 1 atom stereocenters. The Hall–Kier alpha value is -1.88. The molecule has 1 aromatic carbocycles. The third-order valence-corrected chi connectivity index (χ3v) is 5.70. The zero-order valence-electron chi connectivity index (χ0n) is 15.0. The fourth-order valence-electron chi connectivity index (χ4n) is 3.47. The summed E-state index contributed by atoms with van der Waals surface area (Å²) in [6, 6.07) is 10.5. The quantitative estimate of drug-likeness (QED) is 0.717. The molecule has 0 bridgehead atoms. The molecule has 4 nitrogen and oxygen atoms in total. The van der Waals surface area contributed by atoms with Crippen molar-refractivity contribution in [2.45, 2.75) is 58.0 Å². The number of nitrogens with zero attached hydrogens (tertiary/aromatic N) is 2. The van der Waals surface area contributed by atoms with Crippen molar-refractivity contribution in [3.05, 3.63) is 51.8 Å². The highest BCUT2D eigenvalue weighted by atomic mass is 32.1. The van der Waals surface area contributed by atoms with Crippen LogP contribution in [0.5, 0.6) is 0 Å². The number of hydrogen-bond acceptors (Lipinski definition) is 4. The average Bonchev–Trinajstić information content (AvgIpc) is 3.26. The second-order valence-electron chi connectivity index (χ2n) is 6.63. The predicted molar refractivity (Wildman–Crippen MR) is 101 cm³/mol. The van der Waals surface area contributed by atoms with E-state index in [2.05, 4.69) is 41.1 Å². The van der Waals surface area contributed by atoms with E-state index >= 15 is 0 Å². The molecule has 1 aromatic heterocycles. The molecule has 5 heteroatoms. The number of benzene rings is 1.